The second-order valence-corrected chi connectivity index (χ2v) is 8.48. The van der Waals surface area contributed by atoms with E-state index in [4.69, 9.17) is 20.3 Å². The number of nitriles is 1. The topological polar surface area (TPSA) is 121 Å². The van der Waals surface area contributed by atoms with Crippen molar-refractivity contribution in [3.05, 3.63) is 41.3 Å². The molecular formula is C22H28N6O3. The minimum absolute atomic E-state index is 0.0946. The molecule has 164 valence electrons. The van der Waals surface area contributed by atoms with Crippen molar-refractivity contribution in [3.63, 3.8) is 0 Å². The number of aryl methyl sites for hydroxylation is 2. The highest BCUT2D eigenvalue weighted by Gasteiger charge is 2.42. The largest absolute Gasteiger partial charge is 0.492 e. The predicted octanol–water partition coefficient (Wildman–Crippen LogP) is 1.96. The molecule has 1 aromatic carbocycles. The zero-order valence-corrected chi connectivity index (χ0v) is 17.9. The van der Waals surface area contributed by atoms with E-state index in [2.05, 4.69) is 21.4 Å². The minimum atomic E-state index is -0.103. The number of amides is 2. The molecule has 2 aliphatic rings. The minimum Gasteiger partial charge on any atom is -0.492 e. The van der Waals surface area contributed by atoms with Crippen molar-refractivity contribution in [2.45, 2.75) is 19.9 Å². The van der Waals surface area contributed by atoms with Crippen molar-refractivity contribution in [1.82, 2.24) is 15.0 Å². The van der Waals surface area contributed by atoms with Crippen molar-refractivity contribution in [1.29, 1.82) is 5.26 Å². The number of likely N-dealkylation sites (tertiary alicyclic amines) is 2. The normalized spacial score (nSPS) is 21.5. The van der Waals surface area contributed by atoms with Crippen molar-refractivity contribution in [2.24, 2.45) is 17.6 Å². The Labute approximate surface area is 181 Å². The van der Waals surface area contributed by atoms with Crippen LogP contribution in [0, 0.1) is 37.0 Å². The fourth-order valence-electron chi connectivity index (χ4n) is 4.47. The zero-order valence-electron chi connectivity index (χ0n) is 17.9. The van der Waals surface area contributed by atoms with Gasteiger partial charge in [0, 0.05) is 32.7 Å². The fourth-order valence-corrected chi connectivity index (χ4v) is 4.47. The van der Waals surface area contributed by atoms with E-state index in [1.54, 1.807) is 31.2 Å². The third kappa shape index (κ3) is 4.81. The van der Waals surface area contributed by atoms with E-state index >= 15 is 0 Å². The van der Waals surface area contributed by atoms with Gasteiger partial charge in [0.25, 0.3) is 0 Å². The van der Waals surface area contributed by atoms with E-state index in [0.29, 0.717) is 46.9 Å². The van der Waals surface area contributed by atoms with Crippen LogP contribution in [-0.4, -0.2) is 66.4 Å². The highest BCUT2D eigenvalue weighted by atomic mass is 16.5. The number of carbonyl (C=O) groups is 1. The third-order valence-electron chi connectivity index (χ3n) is 6.05. The molecule has 0 bridgehead atoms. The molecule has 2 unspecified atom stereocenters. The van der Waals surface area contributed by atoms with Crippen LogP contribution in [0.1, 0.15) is 17.0 Å². The molecule has 31 heavy (non-hydrogen) atoms. The van der Waals surface area contributed by atoms with Gasteiger partial charge in [0.2, 0.25) is 0 Å². The monoisotopic (exact) mass is 424 g/mol. The van der Waals surface area contributed by atoms with E-state index in [1.165, 1.54) is 0 Å². The summed E-state index contributed by atoms with van der Waals surface area (Å²) in [5, 5.41) is 15.7. The van der Waals surface area contributed by atoms with Crippen LogP contribution in [0.25, 0.3) is 0 Å². The van der Waals surface area contributed by atoms with Crippen molar-refractivity contribution >= 4 is 11.7 Å². The summed E-state index contributed by atoms with van der Waals surface area (Å²) in [6.45, 7) is 8.14. The number of hydrogen-bond donors (Lipinski definition) is 2. The fraction of sp³-hybridized carbons (Fsp3) is 0.500. The molecule has 4 rings (SSSR count). The standard InChI is InChI=1S/C22H28N6O3/c1-14-21(15(2)31-26-14)25-22(29)28-10-17-8-27(9-18(17)11-28)12-19(24)13-30-20-5-3-16(7-23)4-6-20/h3-6,17-19H,8-13,24H2,1-2H3,(H,25,29)/t17?,18?,19-/m0/s1. The van der Waals surface area contributed by atoms with Gasteiger partial charge in [0.05, 0.1) is 17.7 Å². The van der Waals surface area contributed by atoms with Gasteiger partial charge in [-0.25, -0.2) is 4.79 Å². The van der Waals surface area contributed by atoms with Crippen LogP contribution in [0.3, 0.4) is 0 Å². The van der Waals surface area contributed by atoms with Crippen LogP contribution in [0.15, 0.2) is 28.8 Å². The number of anilines is 1. The summed E-state index contributed by atoms with van der Waals surface area (Å²) >= 11 is 0. The third-order valence-corrected chi connectivity index (χ3v) is 6.05. The number of benzene rings is 1. The molecule has 0 saturated carbocycles. The smallest absolute Gasteiger partial charge is 0.322 e. The Morgan fingerprint density at radius 3 is 2.55 bits per heavy atom. The molecule has 0 spiro atoms. The Bertz CT molecular complexity index is 933. The first-order chi connectivity index (χ1) is 14.9. The molecule has 0 aliphatic carbocycles. The summed E-state index contributed by atoms with van der Waals surface area (Å²) in [6, 6.07) is 8.93. The van der Waals surface area contributed by atoms with E-state index in [-0.39, 0.29) is 12.1 Å². The Morgan fingerprint density at radius 1 is 1.29 bits per heavy atom. The van der Waals surface area contributed by atoms with Gasteiger partial charge < -0.3 is 30.1 Å². The maximum absolute atomic E-state index is 12.6. The van der Waals surface area contributed by atoms with Gasteiger partial charge >= 0.3 is 6.03 Å². The average molecular weight is 425 g/mol. The molecule has 9 nitrogen and oxygen atoms in total. The Balaban J connectivity index is 1.21. The number of aromatic nitrogens is 1. The molecule has 0 radical (unpaired) electrons. The van der Waals surface area contributed by atoms with Crippen LogP contribution in [0.2, 0.25) is 0 Å². The first-order valence-electron chi connectivity index (χ1n) is 10.5. The number of nitrogens with two attached hydrogens (primary N) is 1. The summed E-state index contributed by atoms with van der Waals surface area (Å²) in [4.78, 5) is 16.9. The van der Waals surface area contributed by atoms with Gasteiger partial charge in [-0.15, -0.1) is 0 Å². The number of ether oxygens (including phenoxy) is 1. The van der Waals surface area contributed by atoms with Crippen molar-refractivity contribution < 1.29 is 14.1 Å². The molecule has 1 aromatic heterocycles. The summed E-state index contributed by atoms with van der Waals surface area (Å²) in [5.74, 6) is 2.26. The number of nitrogens with one attached hydrogen (secondary N) is 1. The zero-order chi connectivity index (χ0) is 22.0. The molecule has 2 aliphatic heterocycles. The highest BCUT2D eigenvalue weighted by molar-refractivity contribution is 5.90. The van der Waals surface area contributed by atoms with E-state index < -0.39 is 0 Å². The lowest BCUT2D eigenvalue weighted by atomic mass is 10.0. The molecule has 2 saturated heterocycles. The van der Waals surface area contributed by atoms with Gasteiger partial charge in [-0.1, -0.05) is 5.16 Å². The van der Waals surface area contributed by atoms with E-state index in [1.807, 2.05) is 11.8 Å². The number of nitrogens with zero attached hydrogens (tertiary/aromatic N) is 4. The summed E-state index contributed by atoms with van der Waals surface area (Å²) in [6.07, 6.45) is 0. The van der Waals surface area contributed by atoms with Crippen molar-refractivity contribution in [3.8, 4) is 11.8 Å². The molecule has 3 heterocycles. The molecule has 2 amide bonds. The van der Waals surface area contributed by atoms with Gasteiger partial charge in [-0.2, -0.15) is 5.26 Å². The van der Waals surface area contributed by atoms with Crippen LogP contribution in [0.5, 0.6) is 5.75 Å². The maximum Gasteiger partial charge on any atom is 0.322 e. The van der Waals surface area contributed by atoms with Gasteiger partial charge in [0.15, 0.2) is 5.76 Å². The lowest BCUT2D eigenvalue weighted by molar-refractivity contribution is 0.204. The number of carbonyl (C=O) groups excluding carboxylic acids is 1. The van der Waals surface area contributed by atoms with Crippen molar-refractivity contribution in [2.75, 3.05) is 44.6 Å². The predicted molar refractivity (Wildman–Crippen MR) is 115 cm³/mol. The number of urea groups is 1. The van der Waals surface area contributed by atoms with Crippen LogP contribution < -0.4 is 15.8 Å². The highest BCUT2D eigenvalue weighted by Crippen LogP contribution is 2.31. The van der Waals surface area contributed by atoms with E-state index in [9.17, 15) is 4.79 Å². The number of hydrogen-bond acceptors (Lipinski definition) is 7. The molecule has 2 aromatic rings. The molecule has 2 fully saturated rings. The number of rotatable bonds is 6. The summed E-state index contributed by atoms with van der Waals surface area (Å²) < 4.78 is 10.9. The summed E-state index contributed by atoms with van der Waals surface area (Å²) in [5.41, 5.74) is 8.24. The summed E-state index contributed by atoms with van der Waals surface area (Å²) in [7, 11) is 0. The first-order valence-corrected chi connectivity index (χ1v) is 10.5. The van der Waals surface area contributed by atoms with Crippen LogP contribution >= 0.6 is 0 Å². The van der Waals surface area contributed by atoms with Crippen LogP contribution in [0.4, 0.5) is 10.5 Å². The molecule has 3 atom stereocenters. The second-order valence-electron chi connectivity index (χ2n) is 8.48. The lowest BCUT2D eigenvalue weighted by Crippen LogP contribution is -2.42. The molecule has 3 N–H and O–H groups in total. The van der Waals surface area contributed by atoms with Gasteiger partial charge in [-0.05, 0) is 49.9 Å². The Hall–Kier alpha value is -3.09. The number of fused-ring (bicyclic) bond motifs is 1. The molecule has 9 heteroatoms. The molecular weight excluding hydrogens is 396 g/mol. The maximum atomic E-state index is 12.6. The SMILES string of the molecule is Cc1noc(C)c1NC(=O)N1CC2CN(C[C@H](N)COc3ccc(C#N)cc3)CC2C1. The Kier molecular flexibility index (Phi) is 6.11. The van der Waals surface area contributed by atoms with Crippen LogP contribution in [-0.2, 0) is 0 Å². The van der Waals surface area contributed by atoms with Gasteiger partial charge in [0.1, 0.15) is 23.7 Å². The average Bonchev–Trinajstić information content (AvgIpc) is 3.41. The van der Waals surface area contributed by atoms with E-state index in [0.717, 1.165) is 32.7 Å². The van der Waals surface area contributed by atoms with Gasteiger partial charge in [-0.3, -0.25) is 0 Å². The quantitative estimate of drug-likeness (QED) is 0.727. The second kappa shape index (κ2) is 8.96. The first kappa shape index (κ1) is 21.2. The Morgan fingerprint density at radius 2 is 1.97 bits per heavy atom. The lowest BCUT2D eigenvalue weighted by Gasteiger charge is -2.24.